The Balaban J connectivity index is 3.26. The van der Waals surface area contributed by atoms with Gasteiger partial charge >= 0.3 is 0 Å². The third-order valence-corrected chi connectivity index (χ3v) is 2.23. The first kappa shape index (κ1) is 14.4. The van der Waals surface area contributed by atoms with Crippen molar-refractivity contribution < 1.29 is 9.53 Å². The molecule has 1 atom stereocenters. The van der Waals surface area contributed by atoms with Crippen LogP contribution in [0, 0.1) is 0 Å². The van der Waals surface area contributed by atoms with Gasteiger partial charge in [-0.15, -0.1) is 0 Å². The average Bonchev–Trinajstić information content (AvgIpc) is 2.25. The van der Waals surface area contributed by atoms with Crippen molar-refractivity contribution in [3.8, 4) is 0 Å². The summed E-state index contributed by atoms with van der Waals surface area (Å²) in [6.45, 7) is 6.66. The highest BCUT2D eigenvalue weighted by Gasteiger charge is 2.04. The van der Waals surface area contributed by atoms with Crippen molar-refractivity contribution in [3.63, 3.8) is 0 Å². The minimum absolute atomic E-state index is 0.109. The van der Waals surface area contributed by atoms with Crippen LogP contribution in [-0.2, 0) is 9.53 Å². The van der Waals surface area contributed by atoms with E-state index in [4.69, 9.17) is 4.74 Å². The first-order chi connectivity index (χ1) is 7.20. The molecule has 0 bridgehead atoms. The Hall–Kier alpha value is -0.610. The molecule has 0 rings (SSSR count). The van der Waals surface area contributed by atoms with Gasteiger partial charge in [-0.3, -0.25) is 4.79 Å². The molecule has 2 N–H and O–H groups in total. The molecule has 1 amide bonds. The van der Waals surface area contributed by atoms with Gasteiger partial charge < -0.3 is 15.4 Å². The summed E-state index contributed by atoms with van der Waals surface area (Å²) in [6.07, 6.45) is 2.61. The number of methoxy groups -OCH3 is 1. The van der Waals surface area contributed by atoms with Crippen LogP contribution in [0.25, 0.3) is 0 Å². The molecule has 0 spiro atoms. The summed E-state index contributed by atoms with van der Waals surface area (Å²) >= 11 is 0. The summed E-state index contributed by atoms with van der Waals surface area (Å²) < 4.78 is 5.07. The zero-order valence-corrected chi connectivity index (χ0v) is 10.1. The van der Waals surface area contributed by atoms with Crippen LogP contribution >= 0.6 is 0 Å². The van der Waals surface area contributed by atoms with Gasteiger partial charge in [0, 0.05) is 26.6 Å². The van der Waals surface area contributed by atoms with Crippen LogP contribution in [0.15, 0.2) is 0 Å². The second kappa shape index (κ2) is 9.93. The van der Waals surface area contributed by atoms with Crippen LogP contribution < -0.4 is 10.6 Å². The summed E-state index contributed by atoms with van der Waals surface area (Å²) in [5.74, 6) is 0.109. The van der Waals surface area contributed by atoms with Crippen molar-refractivity contribution in [1.82, 2.24) is 10.6 Å². The van der Waals surface area contributed by atoms with E-state index in [1.807, 2.05) is 6.92 Å². The zero-order chi connectivity index (χ0) is 11.5. The molecule has 1 unspecified atom stereocenters. The zero-order valence-electron chi connectivity index (χ0n) is 10.1. The van der Waals surface area contributed by atoms with E-state index in [1.54, 1.807) is 7.11 Å². The maximum absolute atomic E-state index is 11.3. The average molecular weight is 216 g/mol. The lowest BCUT2D eigenvalue weighted by Gasteiger charge is -2.09. The number of amides is 1. The highest BCUT2D eigenvalue weighted by Crippen LogP contribution is 1.98. The van der Waals surface area contributed by atoms with E-state index in [0.717, 1.165) is 25.9 Å². The van der Waals surface area contributed by atoms with Crippen LogP contribution in [0.1, 0.15) is 33.1 Å². The Morgan fingerprint density at radius 2 is 2.07 bits per heavy atom. The van der Waals surface area contributed by atoms with Crippen molar-refractivity contribution in [3.05, 3.63) is 0 Å². The van der Waals surface area contributed by atoms with Crippen molar-refractivity contribution in [2.75, 3.05) is 26.7 Å². The van der Waals surface area contributed by atoms with Crippen LogP contribution in [0.4, 0.5) is 0 Å². The summed E-state index contributed by atoms with van der Waals surface area (Å²) in [5, 5.41) is 6.09. The SMILES string of the molecule is CCCNCCNC(=O)CCC(C)OC. The molecule has 0 aromatic carbocycles. The predicted octanol–water partition coefficient (Wildman–Crippen LogP) is 0.917. The van der Waals surface area contributed by atoms with E-state index in [-0.39, 0.29) is 12.0 Å². The molecule has 15 heavy (non-hydrogen) atoms. The number of rotatable bonds is 9. The molecule has 0 saturated heterocycles. The standard InChI is InChI=1S/C11H24N2O2/c1-4-7-12-8-9-13-11(14)6-5-10(2)15-3/h10,12H,4-9H2,1-3H3,(H,13,14). The number of carbonyl (C=O) groups excluding carboxylic acids is 1. The lowest BCUT2D eigenvalue weighted by atomic mass is 10.2. The fourth-order valence-corrected chi connectivity index (χ4v) is 1.13. The van der Waals surface area contributed by atoms with E-state index in [0.29, 0.717) is 13.0 Å². The topological polar surface area (TPSA) is 50.4 Å². The lowest BCUT2D eigenvalue weighted by molar-refractivity contribution is -0.121. The molecule has 0 aromatic heterocycles. The molecule has 90 valence electrons. The molecule has 0 aromatic rings. The van der Waals surface area contributed by atoms with Gasteiger partial charge in [-0.1, -0.05) is 6.92 Å². The Labute approximate surface area is 92.8 Å². The van der Waals surface area contributed by atoms with Crippen molar-refractivity contribution in [2.45, 2.75) is 39.2 Å². The van der Waals surface area contributed by atoms with Gasteiger partial charge in [0.25, 0.3) is 0 Å². The Kier molecular flexibility index (Phi) is 9.52. The first-order valence-electron chi connectivity index (χ1n) is 5.70. The van der Waals surface area contributed by atoms with Gasteiger partial charge in [0.1, 0.15) is 0 Å². The van der Waals surface area contributed by atoms with Crippen molar-refractivity contribution >= 4 is 5.91 Å². The Morgan fingerprint density at radius 3 is 2.67 bits per heavy atom. The van der Waals surface area contributed by atoms with Gasteiger partial charge in [0.05, 0.1) is 6.10 Å². The summed E-state index contributed by atoms with van der Waals surface area (Å²) in [7, 11) is 1.66. The third kappa shape index (κ3) is 9.69. The number of hydrogen-bond acceptors (Lipinski definition) is 3. The van der Waals surface area contributed by atoms with Crippen molar-refractivity contribution in [2.24, 2.45) is 0 Å². The number of nitrogens with one attached hydrogen (secondary N) is 2. The molecular formula is C11H24N2O2. The predicted molar refractivity (Wildman–Crippen MR) is 61.9 cm³/mol. The van der Waals surface area contributed by atoms with Gasteiger partial charge in [-0.25, -0.2) is 0 Å². The van der Waals surface area contributed by atoms with Crippen molar-refractivity contribution in [1.29, 1.82) is 0 Å². The quantitative estimate of drug-likeness (QED) is 0.563. The Morgan fingerprint density at radius 1 is 1.33 bits per heavy atom. The highest BCUT2D eigenvalue weighted by atomic mass is 16.5. The monoisotopic (exact) mass is 216 g/mol. The number of ether oxygens (including phenoxy) is 1. The molecule has 0 radical (unpaired) electrons. The van der Waals surface area contributed by atoms with Crippen LogP contribution in [0.3, 0.4) is 0 Å². The van der Waals surface area contributed by atoms with Crippen LogP contribution in [-0.4, -0.2) is 38.8 Å². The molecule has 0 aliphatic rings. The van der Waals surface area contributed by atoms with Gasteiger partial charge in [-0.05, 0) is 26.3 Å². The van der Waals surface area contributed by atoms with E-state index in [9.17, 15) is 4.79 Å². The maximum atomic E-state index is 11.3. The normalized spacial score (nSPS) is 12.5. The second-order valence-corrected chi connectivity index (χ2v) is 3.68. The summed E-state index contributed by atoms with van der Waals surface area (Å²) in [4.78, 5) is 11.3. The van der Waals surface area contributed by atoms with E-state index < -0.39 is 0 Å². The fourth-order valence-electron chi connectivity index (χ4n) is 1.13. The summed E-state index contributed by atoms with van der Waals surface area (Å²) in [5.41, 5.74) is 0. The van der Waals surface area contributed by atoms with E-state index in [1.165, 1.54) is 0 Å². The van der Waals surface area contributed by atoms with Gasteiger partial charge in [0.15, 0.2) is 0 Å². The second-order valence-electron chi connectivity index (χ2n) is 3.68. The smallest absolute Gasteiger partial charge is 0.220 e. The van der Waals surface area contributed by atoms with Crippen LogP contribution in [0.2, 0.25) is 0 Å². The molecule has 0 aliphatic carbocycles. The van der Waals surface area contributed by atoms with E-state index in [2.05, 4.69) is 17.6 Å². The Bertz CT molecular complexity index is 163. The highest BCUT2D eigenvalue weighted by molar-refractivity contribution is 5.75. The number of hydrogen-bond donors (Lipinski definition) is 2. The molecule has 0 aliphatic heterocycles. The fraction of sp³-hybridized carbons (Fsp3) is 0.909. The van der Waals surface area contributed by atoms with Gasteiger partial charge in [0.2, 0.25) is 5.91 Å². The minimum Gasteiger partial charge on any atom is -0.382 e. The first-order valence-corrected chi connectivity index (χ1v) is 5.70. The van der Waals surface area contributed by atoms with Gasteiger partial charge in [-0.2, -0.15) is 0 Å². The maximum Gasteiger partial charge on any atom is 0.220 e. The molecule has 0 heterocycles. The molecule has 4 nitrogen and oxygen atoms in total. The third-order valence-electron chi connectivity index (χ3n) is 2.23. The molecule has 4 heteroatoms. The molecule has 0 saturated carbocycles. The minimum atomic E-state index is 0.109. The number of carbonyl (C=O) groups is 1. The molecule has 0 fully saturated rings. The lowest BCUT2D eigenvalue weighted by Crippen LogP contribution is -2.32. The summed E-state index contributed by atoms with van der Waals surface area (Å²) in [6, 6.07) is 0. The van der Waals surface area contributed by atoms with Crippen LogP contribution in [0.5, 0.6) is 0 Å². The largest absolute Gasteiger partial charge is 0.382 e. The van der Waals surface area contributed by atoms with E-state index >= 15 is 0 Å². The molecular weight excluding hydrogens is 192 g/mol.